The fourth-order valence-corrected chi connectivity index (χ4v) is 2.28. The summed E-state index contributed by atoms with van der Waals surface area (Å²) < 4.78 is 7.23. The van der Waals surface area contributed by atoms with Gasteiger partial charge in [-0.3, -0.25) is 5.84 Å². The van der Waals surface area contributed by atoms with Crippen molar-refractivity contribution < 1.29 is 4.74 Å². The maximum absolute atomic E-state index is 5.45. The van der Waals surface area contributed by atoms with E-state index in [-0.39, 0.29) is 0 Å². The van der Waals surface area contributed by atoms with Gasteiger partial charge in [-0.15, -0.1) is 0 Å². The highest BCUT2D eigenvalue weighted by atomic mass is 16.5. The van der Waals surface area contributed by atoms with Gasteiger partial charge in [-0.25, -0.2) is 4.98 Å². The van der Waals surface area contributed by atoms with Crippen LogP contribution in [0.5, 0.6) is 5.75 Å². The molecule has 0 bridgehead atoms. The molecule has 0 aliphatic heterocycles. The van der Waals surface area contributed by atoms with Crippen LogP contribution in [0.15, 0.2) is 42.5 Å². The average molecular weight is 268 g/mol. The van der Waals surface area contributed by atoms with E-state index in [1.807, 2.05) is 49.5 Å². The second kappa shape index (κ2) is 4.86. The van der Waals surface area contributed by atoms with Gasteiger partial charge in [0.2, 0.25) is 0 Å². The molecule has 1 aromatic heterocycles. The summed E-state index contributed by atoms with van der Waals surface area (Å²) in [5.41, 5.74) is 6.54. The Balaban J connectivity index is 2.13. The molecule has 3 rings (SSSR count). The molecular weight excluding hydrogens is 252 g/mol. The number of methoxy groups -OCH3 is 1. The predicted octanol–water partition coefficient (Wildman–Crippen LogP) is 2.53. The van der Waals surface area contributed by atoms with E-state index in [0.29, 0.717) is 0 Å². The van der Waals surface area contributed by atoms with Crippen LogP contribution in [-0.4, -0.2) is 16.7 Å². The van der Waals surface area contributed by atoms with Gasteiger partial charge in [-0.1, -0.05) is 0 Å². The van der Waals surface area contributed by atoms with Crippen molar-refractivity contribution in [2.45, 2.75) is 0 Å². The van der Waals surface area contributed by atoms with Gasteiger partial charge in [0.1, 0.15) is 11.6 Å². The molecule has 0 aliphatic carbocycles. The maximum Gasteiger partial charge on any atom is 0.140 e. The van der Waals surface area contributed by atoms with Crippen molar-refractivity contribution in [2.24, 2.45) is 12.9 Å². The number of hydrazine groups is 1. The number of aromatic nitrogens is 2. The average Bonchev–Trinajstić information content (AvgIpc) is 2.84. The molecule has 3 aromatic rings. The molecule has 0 amide bonds. The summed E-state index contributed by atoms with van der Waals surface area (Å²) in [6, 6.07) is 13.7. The zero-order valence-corrected chi connectivity index (χ0v) is 11.4. The Labute approximate surface area is 117 Å². The minimum absolute atomic E-state index is 0.835. The molecule has 0 fully saturated rings. The number of nitrogens with zero attached hydrogens (tertiary/aromatic N) is 2. The number of nitrogen functional groups attached to an aromatic ring is 1. The molecule has 0 aliphatic rings. The number of fused-ring (bicyclic) bond motifs is 1. The molecule has 102 valence electrons. The summed E-state index contributed by atoms with van der Waals surface area (Å²) in [4.78, 5) is 4.67. The number of nitrogens with two attached hydrogens (primary N) is 1. The molecule has 3 N–H and O–H groups in total. The first-order valence-electron chi connectivity index (χ1n) is 6.30. The van der Waals surface area contributed by atoms with Crippen LogP contribution in [-0.2, 0) is 7.05 Å². The summed E-state index contributed by atoms with van der Waals surface area (Å²) in [7, 11) is 3.65. The van der Waals surface area contributed by atoms with Gasteiger partial charge in [0, 0.05) is 12.6 Å². The normalized spacial score (nSPS) is 10.8. The molecule has 0 radical (unpaired) electrons. The lowest BCUT2D eigenvalue weighted by molar-refractivity contribution is 0.415. The van der Waals surface area contributed by atoms with E-state index in [1.54, 1.807) is 7.11 Å². The second-order valence-corrected chi connectivity index (χ2v) is 4.57. The van der Waals surface area contributed by atoms with Crippen molar-refractivity contribution in [3.8, 4) is 17.1 Å². The van der Waals surface area contributed by atoms with Crippen LogP contribution in [0.2, 0.25) is 0 Å². The van der Waals surface area contributed by atoms with Gasteiger partial charge in [-0.2, -0.15) is 0 Å². The molecular formula is C15H16N4O. The Kier molecular flexibility index (Phi) is 3.04. The van der Waals surface area contributed by atoms with E-state index in [2.05, 4.69) is 15.0 Å². The van der Waals surface area contributed by atoms with Crippen LogP contribution in [0.4, 0.5) is 5.69 Å². The van der Waals surface area contributed by atoms with Crippen molar-refractivity contribution in [1.82, 2.24) is 9.55 Å². The quantitative estimate of drug-likeness (QED) is 0.566. The molecule has 0 spiro atoms. The van der Waals surface area contributed by atoms with Crippen LogP contribution in [0.25, 0.3) is 22.4 Å². The Hall–Kier alpha value is -2.53. The predicted molar refractivity (Wildman–Crippen MR) is 80.5 cm³/mol. The van der Waals surface area contributed by atoms with Crippen LogP contribution in [0.3, 0.4) is 0 Å². The number of hydrogen-bond acceptors (Lipinski definition) is 4. The van der Waals surface area contributed by atoms with Gasteiger partial charge < -0.3 is 14.7 Å². The van der Waals surface area contributed by atoms with Crippen molar-refractivity contribution in [3.05, 3.63) is 42.5 Å². The van der Waals surface area contributed by atoms with E-state index >= 15 is 0 Å². The van der Waals surface area contributed by atoms with Crippen LogP contribution >= 0.6 is 0 Å². The highest BCUT2D eigenvalue weighted by molar-refractivity contribution is 5.83. The summed E-state index contributed by atoms with van der Waals surface area (Å²) in [6.07, 6.45) is 0. The zero-order valence-electron chi connectivity index (χ0n) is 11.4. The third-order valence-electron chi connectivity index (χ3n) is 3.40. The Morgan fingerprint density at radius 1 is 1.15 bits per heavy atom. The second-order valence-electron chi connectivity index (χ2n) is 4.57. The number of hydrogen-bond donors (Lipinski definition) is 2. The topological polar surface area (TPSA) is 65.1 Å². The Morgan fingerprint density at radius 3 is 2.55 bits per heavy atom. The molecule has 0 atom stereocenters. The lowest BCUT2D eigenvalue weighted by Gasteiger charge is -2.04. The third kappa shape index (κ3) is 1.98. The van der Waals surface area contributed by atoms with E-state index in [0.717, 1.165) is 33.9 Å². The van der Waals surface area contributed by atoms with Gasteiger partial charge >= 0.3 is 0 Å². The molecule has 5 heteroatoms. The standard InChI is InChI=1S/C15H16N4O/c1-19-14-9-11(18-16)5-8-13(14)17-15(19)10-3-6-12(20-2)7-4-10/h3-9,18H,16H2,1-2H3. The molecule has 20 heavy (non-hydrogen) atoms. The summed E-state index contributed by atoms with van der Waals surface area (Å²) >= 11 is 0. The summed E-state index contributed by atoms with van der Waals surface area (Å²) in [6.45, 7) is 0. The first-order valence-corrected chi connectivity index (χ1v) is 6.30. The summed E-state index contributed by atoms with van der Waals surface area (Å²) in [5.74, 6) is 7.20. The zero-order chi connectivity index (χ0) is 14.1. The summed E-state index contributed by atoms with van der Waals surface area (Å²) in [5, 5.41) is 0. The van der Waals surface area contributed by atoms with Crippen LogP contribution < -0.4 is 16.0 Å². The van der Waals surface area contributed by atoms with Crippen molar-refractivity contribution in [1.29, 1.82) is 0 Å². The first-order chi connectivity index (χ1) is 9.72. The van der Waals surface area contributed by atoms with Crippen molar-refractivity contribution >= 4 is 16.7 Å². The Morgan fingerprint density at radius 2 is 1.90 bits per heavy atom. The van der Waals surface area contributed by atoms with Crippen LogP contribution in [0.1, 0.15) is 0 Å². The smallest absolute Gasteiger partial charge is 0.140 e. The van der Waals surface area contributed by atoms with Crippen molar-refractivity contribution in [2.75, 3.05) is 12.5 Å². The van der Waals surface area contributed by atoms with E-state index < -0.39 is 0 Å². The van der Waals surface area contributed by atoms with Crippen LogP contribution in [0, 0.1) is 0 Å². The minimum atomic E-state index is 0.835. The molecule has 1 heterocycles. The van der Waals surface area contributed by atoms with E-state index in [1.165, 1.54) is 0 Å². The maximum atomic E-state index is 5.45. The fraction of sp³-hybridized carbons (Fsp3) is 0.133. The molecule has 0 saturated heterocycles. The third-order valence-corrected chi connectivity index (χ3v) is 3.40. The van der Waals surface area contributed by atoms with E-state index in [9.17, 15) is 0 Å². The number of benzene rings is 2. The van der Waals surface area contributed by atoms with Gasteiger partial charge in [-0.05, 0) is 42.5 Å². The Bertz CT molecular complexity index is 746. The number of aryl methyl sites for hydroxylation is 1. The number of imidazole rings is 1. The minimum Gasteiger partial charge on any atom is -0.497 e. The monoisotopic (exact) mass is 268 g/mol. The molecule has 5 nitrogen and oxygen atoms in total. The SMILES string of the molecule is COc1ccc(-c2nc3ccc(NN)cc3n2C)cc1. The number of nitrogens with one attached hydrogen (secondary N) is 1. The number of ether oxygens (including phenoxy) is 1. The molecule has 0 unspecified atom stereocenters. The molecule has 2 aromatic carbocycles. The highest BCUT2D eigenvalue weighted by Crippen LogP contribution is 2.26. The fourth-order valence-electron chi connectivity index (χ4n) is 2.28. The van der Waals surface area contributed by atoms with Crippen molar-refractivity contribution in [3.63, 3.8) is 0 Å². The van der Waals surface area contributed by atoms with E-state index in [4.69, 9.17) is 10.6 Å². The first kappa shape index (κ1) is 12.5. The van der Waals surface area contributed by atoms with Gasteiger partial charge in [0.15, 0.2) is 0 Å². The number of rotatable bonds is 3. The lowest BCUT2D eigenvalue weighted by atomic mass is 10.2. The van der Waals surface area contributed by atoms with Gasteiger partial charge in [0.25, 0.3) is 0 Å². The number of anilines is 1. The lowest BCUT2D eigenvalue weighted by Crippen LogP contribution is -2.06. The van der Waals surface area contributed by atoms with Gasteiger partial charge in [0.05, 0.1) is 23.8 Å². The largest absolute Gasteiger partial charge is 0.497 e. The molecule has 0 saturated carbocycles. The highest BCUT2D eigenvalue weighted by Gasteiger charge is 2.10.